The van der Waals surface area contributed by atoms with Gasteiger partial charge in [0.15, 0.2) is 0 Å². The molecule has 1 aromatic heterocycles. The first-order valence-corrected chi connectivity index (χ1v) is 10.8. The Bertz CT molecular complexity index is 592. The number of anilines is 1. The maximum Gasteiger partial charge on any atom is 0.410 e. The number of halogens is 1. The lowest BCUT2D eigenvalue weighted by atomic mass is 9.88. The number of ether oxygens (including phenoxy) is 1. The molecule has 1 aliphatic rings. The molecule has 1 aliphatic heterocycles. The van der Waals surface area contributed by atoms with Gasteiger partial charge < -0.3 is 20.1 Å². The number of amides is 1. The second-order valence-electron chi connectivity index (χ2n) is 7.86. The van der Waals surface area contributed by atoms with E-state index in [1.54, 1.807) is 17.9 Å². The highest BCUT2D eigenvalue weighted by molar-refractivity contribution is 6.29. The number of carbonyl (C=O) groups is 1. The molecule has 0 aromatic carbocycles. The Labute approximate surface area is 181 Å². The Morgan fingerprint density at radius 2 is 1.79 bits per heavy atom. The lowest BCUT2D eigenvalue weighted by molar-refractivity contribution is 0.0147. The highest BCUT2D eigenvalue weighted by atomic mass is 35.5. The zero-order valence-electron chi connectivity index (χ0n) is 19.3. The number of aliphatic hydroxyl groups excluding tert-OH is 1. The minimum absolute atomic E-state index is 0.0597. The number of aryl methyl sites for hydroxylation is 1. The number of likely N-dealkylation sites (tertiary alicyclic amines) is 1. The van der Waals surface area contributed by atoms with Gasteiger partial charge in [0, 0.05) is 19.2 Å². The molecule has 8 heteroatoms. The summed E-state index contributed by atoms with van der Waals surface area (Å²) in [5, 5.41) is 13.5. The largest absolute Gasteiger partial charge is 0.444 e. The monoisotopic (exact) mass is 430 g/mol. The summed E-state index contributed by atoms with van der Waals surface area (Å²) >= 11 is 5.96. The van der Waals surface area contributed by atoms with Gasteiger partial charge in [0.2, 0.25) is 0 Å². The van der Waals surface area contributed by atoms with Crippen LogP contribution in [0.5, 0.6) is 0 Å². The average Bonchev–Trinajstić information content (AvgIpc) is 2.62. The van der Waals surface area contributed by atoms with Crippen molar-refractivity contribution in [2.24, 2.45) is 0 Å². The number of nitrogens with one attached hydrogen (secondary N) is 1. The van der Waals surface area contributed by atoms with Gasteiger partial charge in [-0.15, -0.1) is 0 Å². The van der Waals surface area contributed by atoms with Crippen LogP contribution in [0.3, 0.4) is 0 Å². The van der Waals surface area contributed by atoms with Crippen molar-refractivity contribution in [3.05, 3.63) is 17.0 Å². The van der Waals surface area contributed by atoms with Crippen LogP contribution >= 0.6 is 11.6 Å². The summed E-state index contributed by atoms with van der Waals surface area (Å²) in [4.78, 5) is 22.1. The summed E-state index contributed by atoms with van der Waals surface area (Å²) in [6, 6.07) is 1.63. The molecule has 168 valence electrons. The Morgan fingerprint density at radius 1 is 1.28 bits per heavy atom. The van der Waals surface area contributed by atoms with Crippen LogP contribution < -0.4 is 5.32 Å². The van der Waals surface area contributed by atoms with Gasteiger partial charge >= 0.3 is 6.09 Å². The SMILES string of the molecule is CC.CCC.Cc1nc(Cl)cc(NC2(CO)CCN(C(=O)OC(C)(C)C)CC2)n1. The lowest BCUT2D eigenvalue weighted by Crippen LogP contribution is -2.53. The van der Waals surface area contributed by atoms with Crippen LogP contribution in [0, 0.1) is 6.92 Å². The average molecular weight is 431 g/mol. The number of aliphatic hydroxyl groups is 1. The van der Waals surface area contributed by atoms with E-state index < -0.39 is 11.1 Å². The van der Waals surface area contributed by atoms with Crippen molar-refractivity contribution in [2.45, 2.75) is 85.8 Å². The minimum Gasteiger partial charge on any atom is -0.444 e. The summed E-state index contributed by atoms with van der Waals surface area (Å²) in [7, 11) is 0. The van der Waals surface area contributed by atoms with Gasteiger partial charge in [0.1, 0.15) is 22.4 Å². The second kappa shape index (κ2) is 12.9. The fourth-order valence-corrected chi connectivity index (χ4v) is 2.86. The number of rotatable bonds is 3. The van der Waals surface area contributed by atoms with Crippen LogP contribution in [0.2, 0.25) is 5.15 Å². The standard InChI is InChI=1S/C16H25ClN4O3.C3H8.C2H6/c1-11-18-12(17)9-13(19-11)20-16(10-22)5-7-21(8-6-16)14(23)24-15(2,3)4;1-3-2;1-2/h9,22H,5-8,10H2,1-4H3,(H,18,19,20);3H2,1-2H3;1-2H3. The lowest BCUT2D eigenvalue weighted by Gasteiger charge is -2.41. The molecular weight excluding hydrogens is 392 g/mol. The fraction of sp³-hybridized carbons (Fsp3) is 0.762. The third kappa shape index (κ3) is 10.1. The highest BCUT2D eigenvalue weighted by Crippen LogP contribution is 2.27. The molecule has 0 radical (unpaired) electrons. The third-order valence-electron chi connectivity index (χ3n) is 3.87. The first-order chi connectivity index (χ1) is 13.5. The van der Waals surface area contributed by atoms with Gasteiger partial charge in [-0.3, -0.25) is 0 Å². The molecular formula is C21H39ClN4O3. The maximum atomic E-state index is 12.1. The predicted octanol–water partition coefficient (Wildman–Crippen LogP) is 5.05. The van der Waals surface area contributed by atoms with Crippen LogP contribution in [0.25, 0.3) is 0 Å². The molecule has 7 nitrogen and oxygen atoms in total. The summed E-state index contributed by atoms with van der Waals surface area (Å²) in [5.74, 6) is 1.14. The van der Waals surface area contributed by atoms with E-state index in [0.717, 1.165) is 0 Å². The number of hydrogen-bond donors (Lipinski definition) is 2. The summed E-state index contributed by atoms with van der Waals surface area (Å²) < 4.78 is 5.39. The van der Waals surface area contributed by atoms with E-state index in [9.17, 15) is 9.90 Å². The first kappa shape index (κ1) is 27.4. The molecule has 2 N–H and O–H groups in total. The van der Waals surface area contributed by atoms with Crippen LogP contribution in [0.15, 0.2) is 6.07 Å². The van der Waals surface area contributed by atoms with E-state index in [4.69, 9.17) is 16.3 Å². The Morgan fingerprint density at radius 3 is 2.21 bits per heavy atom. The van der Waals surface area contributed by atoms with Crippen molar-refractivity contribution < 1.29 is 14.6 Å². The molecule has 1 saturated heterocycles. The smallest absolute Gasteiger partial charge is 0.410 e. The first-order valence-electron chi connectivity index (χ1n) is 10.4. The highest BCUT2D eigenvalue weighted by Gasteiger charge is 2.37. The normalized spacial score (nSPS) is 15.3. The number of piperidine rings is 1. The molecule has 0 bridgehead atoms. The second-order valence-corrected chi connectivity index (χ2v) is 8.25. The van der Waals surface area contributed by atoms with Crippen molar-refractivity contribution in [1.29, 1.82) is 0 Å². The molecule has 0 atom stereocenters. The topological polar surface area (TPSA) is 87.6 Å². The Balaban J connectivity index is 0.00000143. The molecule has 0 spiro atoms. The summed E-state index contributed by atoms with van der Waals surface area (Å²) in [6.45, 7) is 16.5. The quantitative estimate of drug-likeness (QED) is 0.652. The van der Waals surface area contributed by atoms with E-state index in [2.05, 4.69) is 29.1 Å². The van der Waals surface area contributed by atoms with Crippen LogP contribution in [-0.4, -0.2) is 56.9 Å². The number of nitrogens with zero attached hydrogens (tertiary/aromatic N) is 3. The van der Waals surface area contributed by atoms with E-state index >= 15 is 0 Å². The van der Waals surface area contributed by atoms with Gasteiger partial charge in [0.05, 0.1) is 12.1 Å². The van der Waals surface area contributed by atoms with Crippen LogP contribution in [0.4, 0.5) is 10.6 Å². The van der Waals surface area contributed by atoms with E-state index in [-0.39, 0.29) is 12.7 Å². The van der Waals surface area contributed by atoms with E-state index in [0.29, 0.717) is 42.7 Å². The molecule has 0 aliphatic carbocycles. The summed E-state index contributed by atoms with van der Waals surface area (Å²) in [6.07, 6.45) is 2.10. The van der Waals surface area contributed by atoms with Crippen molar-refractivity contribution in [3.63, 3.8) is 0 Å². The zero-order valence-corrected chi connectivity index (χ0v) is 20.1. The van der Waals surface area contributed by atoms with Crippen LogP contribution in [-0.2, 0) is 4.74 Å². The van der Waals surface area contributed by atoms with Crippen molar-refractivity contribution in [3.8, 4) is 0 Å². The number of carbonyl (C=O) groups excluding carboxylic acids is 1. The number of aromatic nitrogens is 2. The van der Waals surface area contributed by atoms with Gasteiger partial charge in [0.25, 0.3) is 0 Å². The van der Waals surface area contributed by atoms with E-state index in [1.807, 2.05) is 34.6 Å². The predicted molar refractivity (Wildman–Crippen MR) is 120 cm³/mol. The van der Waals surface area contributed by atoms with Crippen molar-refractivity contribution in [2.75, 3.05) is 25.0 Å². The van der Waals surface area contributed by atoms with Crippen LogP contribution in [0.1, 0.15) is 73.6 Å². The fourth-order valence-electron chi connectivity index (χ4n) is 2.63. The molecule has 1 amide bonds. The molecule has 2 rings (SSSR count). The Kier molecular flexibility index (Phi) is 12.1. The van der Waals surface area contributed by atoms with Gasteiger partial charge in [-0.25, -0.2) is 14.8 Å². The Hall–Kier alpha value is -1.60. The molecule has 0 unspecified atom stereocenters. The molecule has 0 saturated carbocycles. The van der Waals surface area contributed by atoms with Gasteiger partial charge in [-0.05, 0) is 40.5 Å². The molecule has 1 aromatic rings. The molecule has 1 fully saturated rings. The van der Waals surface area contributed by atoms with E-state index in [1.165, 1.54) is 6.42 Å². The maximum absolute atomic E-state index is 12.1. The van der Waals surface area contributed by atoms with Crippen molar-refractivity contribution in [1.82, 2.24) is 14.9 Å². The van der Waals surface area contributed by atoms with Gasteiger partial charge in [-0.2, -0.15) is 0 Å². The minimum atomic E-state index is -0.539. The zero-order chi connectivity index (χ0) is 22.7. The molecule has 2 heterocycles. The van der Waals surface area contributed by atoms with Crippen molar-refractivity contribution >= 4 is 23.5 Å². The third-order valence-corrected chi connectivity index (χ3v) is 4.07. The summed E-state index contributed by atoms with van der Waals surface area (Å²) in [5.41, 5.74) is -1.06. The number of hydrogen-bond acceptors (Lipinski definition) is 6. The van der Waals surface area contributed by atoms with Gasteiger partial charge in [-0.1, -0.05) is 45.7 Å². The molecule has 29 heavy (non-hydrogen) atoms.